The Hall–Kier alpha value is -3.06. The normalized spacial score (nSPS) is 17.1. The molecule has 37 heavy (non-hydrogen) atoms. The summed E-state index contributed by atoms with van der Waals surface area (Å²) in [5, 5.41) is 1.62. The summed E-state index contributed by atoms with van der Waals surface area (Å²) in [5.74, 6) is 6.74. The number of hydrogen-bond donors (Lipinski definition) is 2. The van der Waals surface area contributed by atoms with E-state index in [1.165, 1.54) is 19.3 Å². The minimum Gasteiger partial charge on any atom is -0.403 e. The van der Waals surface area contributed by atoms with Crippen LogP contribution >= 0.6 is 0 Å². The Morgan fingerprint density at radius 2 is 1.73 bits per heavy atom. The zero-order chi connectivity index (χ0) is 27.2. The Balaban J connectivity index is 2.04. The van der Waals surface area contributed by atoms with Crippen LogP contribution in [0.25, 0.3) is 5.57 Å². The summed E-state index contributed by atoms with van der Waals surface area (Å²) in [5.41, 5.74) is 12.3. The number of rotatable bonds is 8. The van der Waals surface area contributed by atoms with Crippen LogP contribution in [0.15, 0.2) is 64.9 Å². The topological polar surface area (TPSA) is 67.6 Å². The number of nitrogens with zero attached hydrogens (tertiary/aromatic N) is 2. The van der Waals surface area contributed by atoms with Crippen molar-refractivity contribution in [3.63, 3.8) is 0 Å². The predicted molar refractivity (Wildman–Crippen MR) is 147 cm³/mol. The first-order valence-corrected chi connectivity index (χ1v) is 12.9. The fourth-order valence-corrected chi connectivity index (χ4v) is 5.37. The molecule has 0 spiro atoms. The van der Waals surface area contributed by atoms with Crippen molar-refractivity contribution in [1.29, 1.82) is 0 Å². The van der Waals surface area contributed by atoms with Gasteiger partial charge in [0.25, 0.3) is 0 Å². The van der Waals surface area contributed by atoms with Crippen LogP contribution in [0.2, 0.25) is 0 Å². The average Bonchev–Trinajstić information content (AvgIpc) is 2.87. The standard InChI is InChI=1S/C30H39F3N4/c1-5-36-27-16-13-24(29(28(19-34)37(4)35)23-9-7-6-8-10-23)18-26(27)21(3)20(2)17-22-11-14-25(15-12-22)30(31,32)33/h5,11-16,18-19,23,29H,6-10,17,34-35H2,1-4H3/b21-20+,28-19-,36-5+. The minimum atomic E-state index is -4.34. The summed E-state index contributed by atoms with van der Waals surface area (Å²) in [6.45, 7) is 5.96. The van der Waals surface area contributed by atoms with E-state index in [9.17, 15) is 13.2 Å². The van der Waals surface area contributed by atoms with Gasteiger partial charge in [-0.3, -0.25) is 4.99 Å². The lowest BCUT2D eigenvalue weighted by Crippen LogP contribution is -2.33. The maximum atomic E-state index is 13.0. The summed E-state index contributed by atoms with van der Waals surface area (Å²) in [7, 11) is 1.82. The number of allylic oxidation sites excluding steroid dienone is 3. The molecule has 0 aromatic heterocycles. The fraction of sp³-hybridized carbons (Fsp3) is 0.433. The molecule has 2 aromatic rings. The summed E-state index contributed by atoms with van der Waals surface area (Å²) in [6.07, 6.45) is 5.51. The summed E-state index contributed by atoms with van der Waals surface area (Å²) < 4.78 is 38.9. The third-order valence-electron chi connectivity index (χ3n) is 7.46. The fourth-order valence-electron chi connectivity index (χ4n) is 5.37. The minimum absolute atomic E-state index is 0.0710. The Bertz CT molecular complexity index is 1140. The molecule has 1 atom stereocenters. The molecule has 1 unspecified atom stereocenters. The molecule has 4 nitrogen and oxygen atoms in total. The van der Waals surface area contributed by atoms with Crippen LogP contribution in [-0.4, -0.2) is 18.3 Å². The first-order chi connectivity index (χ1) is 17.6. The van der Waals surface area contributed by atoms with Crippen molar-refractivity contribution in [1.82, 2.24) is 5.01 Å². The number of halogens is 3. The molecule has 3 rings (SSSR count). The van der Waals surface area contributed by atoms with Crippen LogP contribution in [-0.2, 0) is 12.6 Å². The molecule has 2 aromatic carbocycles. The van der Waals surface area contributed by atoms with Gasteiger partial charge in [-0.1, -0.05) is 43.0 Å². The van der Waals surface area contributed by atoms with Gasteiger partial charge in [0.05, 0.1) is 16.9 Å². The third kappa shape index (κ3) is 7.04. The maximum Gasteiger partial charge on any atom is 0.416 e. The highest BCUT2D eigenvalue weighted by atomic mass is 19.4. The van der Waals surface area contributed by atoms with Crippen LogP contribution in [0.1, 0.15) is 81.0 Å². The number of likely N-dealkylation sites (N-methyl/N-ethyl adjacent to an activating group) is 1. The van der Waals surface area contributed by atoms with E-state index in [0.717, 1.165) is 64.2 Å². The molecule has 0 saturated heterocycles. The van der Waals surface area contributed by atoms with Gasteiger partial charge in [-0.2, -0.15) is 13.2 Å². The van der Waals surface area contributed by atoms with E-state index < -0.39 is 11.7 Å². The van der Waals surface area contributed by atoms with Gasteiger partial charge in [-0.25, -0.2) is 5.84 Å². The van der Waals surface area contributed by atoms with Gasteiger partial charge in [-0.15, -0.1) is 0 Å². The predicted octanol–water partition coefficient (Wildman–Crippen LogP) is 7.73. The Morgan fingerprint density at radius 1 is 1.08 bits per heavy atom. The highest BCUT2D eigenvalue weighted by molar-refractivity contribution is 5.78. The van der Waals surface area contributed by atoms with Gasteiger partial charge >= 0.3 is 6.18 Å². The molecule has 0 amide bonds. The van der Waals surface area contributed by atoms with Crippen LogP contribution in [0, 0.1) is 5.92 Å². The van der Waals surface area contributed by atoms with Gasteiger partial charge in [0.15, 0.2) is 0 Å². The zero-order valence-corrected chi connectivity index (χ0v) is 22.3. The highest BCUT2D eigenvalue weighted by Crippen LogP contribution is 2.43. The second kappa shape index (κ2) is 12.5. The molecule has 0 heterocycles. The van der Waals surface area contributed by atoms with Gasteiger partial charge in [-0.05, 0) is 86.9 Å². The maximum absolute atomic E-state index is 13.0. The summed E-state index contributed by atoms with van der Waals surface area (Å²) in [6, 6.07) is 11.7. The number of hydrogen-bond acceptors (Lipinski definition) is 4. The van der Waals surface area contributed by atoms with Crippen molar-refractivity contribution in [2.45, 2.75) is 71.4 Å². The Kier molecular flexibility index (Phi) is 9.60. The molecule has 1 aliphatic rings. The number of alkyl halides is 3. The van der Waals surface area contributed by atoms with Crippen LogP contribution < -0.4 is 11.6 Å². The zero-order valence-electron chi connectivity index (χ0n) is 22.3. The van der Waals surface area contributed by atoms with Crippen molar-refractivity contribution in [3.8, 4) is 0 Å². The number of benzene rings is 2. The van der Waals surface area contributed by atoms with Crippen molar-refractivity contribution in [2.75, 3.05) is 7.05 Å². The second-order valence-corrected chi connectivity index (χ2v) is 10.0. The number of aliphatic imine (C=N–C) groups is 1. The lowest BCUT2D eigenvalue weighted by atomic mass is 9.74. The summed E-state index contributed by atoms with van der Waals surface area (Å²) in [4.78, 5) is 4.61. The van der Waals surface area contributed by atoms with Crippen LogP contribution in [0.5, 0.6) is 0 Å². The lowest BCUT2D eigenvalue weighted by molar-refractivity contribution is -0.137. The van der Waals surface area contributed by atoms with Gasteiger partial charge in [0.1, 0.15) is 0 Å². The van der Waals surface area contributed by atoms with E-state index >= 15 is 0 Å². The SMILES string of the molecule is C/C=N/c1ccc(C(/C(=C/N)N(C)N)C2CCCCC2)cc1/C(C)=C(\C)Cc1ccc(C(F)(F)F)cc1. The van der Waals surface area contributed by atoms with Gasteiger partial charge < -0.3 is 10.7 Å². The van der Waals surface area contributed by atoms with E-state index in [-0.39, 0.29) is 5.92 Å². The van der Waals surface area contributed by atoms with Gasteiger partial charge in [0.2, 0.25) is 0 Å². The molecule has 0 radical (unpaired) electrons. The quantitative estimate of drug-likeness (QED) is 0.216. The Labute approximate surface area is 218 Å². The van der Waals surface area contributed by atoms with E-state index in [2.05, 4.69) is 24.0 Å². The summed E-state index contributed by atoms with van der Waals surface area (Å²) >= 11 is 0. The molecule has 7 heteroatoms. The second-order valence-electron chi connectivity index (χ2n) is 10.0. The number of hydrazine groups is 1. The molecule has 1 fully saturated rings. The van der Waals surface area contributed by atoms with E-state index in [0.29, 0.717) is 12.3 Å². The number of nitrogens with two attached hydrogens (primary N) is 2. The lowest BCUT2D eigenvalue weighted by Gasteiger charge is -2.35. The molecule has 0 bridgehead atoms. The van der Waals surface area contributed by atoms with Gasteiger partial charge in [0, 0.05) is 30.9 Å². The van der Waals surface area contributed by atoms with Crippen LogP contribution in [0.3, 0.4) is 0 Å². The molecule has 1 aliphatic carbocycles. The van der Waals surface area contributed by atoms with E-state index in [4.69, 9.17) is 11.6 Å². The smallest absolute Gasteiger partial charge is 0.403 e. The van der Waals surface area contributed by atoms with Crippen molar-refractivity contribution < 1.29 is 13.2 Å². The highest BCUT2D eigenvalue weighted by Gasteiger charge is 2.31. The molecular formula is C30H39F3N4. The monoisotopic (exact) mass is 512 g/mol. The molecule has 200 valence electrons. The van der Waals surface area contributed by atoms with Crippen molar-refractivity contribution >= 4 is 17.5 Å². The molecule has 0 aliphatic heterocycles. The van der Waals surface area contributed by atoms with Crippen molar-refractivity contribution in [3.05, 3.63) is 82.2 Å². The van der Waals surface area contributed by atoms with Crippen LogP contribution in [0.4, 0.5) is 18.9 Å². The Morgan fingerprint density at radius 3 is 2.27 bits per heavy atom. The molecule has 4 N–H and O–H groups in total. The largest absolute Gasteiger partial charge is 0.416 e. The average molecular weight is 513 g/mol. The first kappa shape index (κ1) is 28.5. The van der Waals surface area contributed by atoms with Crippen molar-refractivity contribution in [2.24, 2.45) is 22.5 Å². The first-order valence-electron chi connectivity index (χ1n) is 12.9. The van der Waals surface area contributed by atoms with E-state index in [1.54, 1.807) is 29.6 Å². The van der Waals surface area contributed by atoms with E-state index in [1.807, 2.05) is 27.0 Å². The molecule has 1 saturated carbocycles. The molecular weight excluding hydrogens is 473 g/mol. The third-order valence-corrected chi connectivity index (χ3v) is 7.46.